The second-order valence-electron chi connectivity index (χ2n) is 6.95. The van der Waals surface area contributed by atoms with Crippen molar-refractivity contribution in [2.75, 3.05) is 0 Å². The molecule has 3 rings (SSSR count). The fourth-order valence-corrected chi connectivity index (χ4v) is 3.48. The first-order chi connectivity index (χ1) is 12.1. The molecule has 1 heteroatoms. The van der Waals surface area contributed by atoms with E-state index in [-0.39, 0.29) is 0 Å². The van der Waals surface area contributed by atoms with Crippen LogP contribution >= 0.6 is 0 Å². The fourth-order valence-electron chi connectivity index (χ4n) is 3.48. The summed E-state index contributed by atoms with van der Waals surface area (Å²) >= 11 is 0. The van der Waals surface area contributed by atoms with Crippen molar-refractivity contribution < 1.29 is 5.11 Å². The van der Waals surface area contributed by atoms with Gasteiger partial charge >= 0.3 is 0 Å². The van der Waals surface area contributed by atoms with Crippen LogP contribution in [0.4, 0.5) is 0 Å². The summed E-state index contributed by atoms with van der Waals surface area (Å²) in [5.41, 5.74) is 4.99. The monoisotopic (exact) mass is 330 g/mol. The van der Waals surface area contributed by atoms with E-state index in [9.17, 15) is 5.11 Å². The quantitative estimate of drug-likeness (QED) is 0.580. The molecule has 0 heterocycles. The third-order valence-electron chi connectivity index (χ3n) is 5.02. The van der Waals surface area contributed by atoms with Gasteiger partial charge in [-0.15, -0.1) is 0 Å². The van der Waals surface area contributed by atoms with E-state index in [2.05, 4.69) is 74.5 Å². The minimum absolute atomic E-state index is 0.375. The Morgan fingerprint density at radius 2 is 1.16 bits per heavy atom. The van der Waals surface area contributed by atoms with Crippen molar-refractivity contribution in [3.05, 3.63) is 101 Å². The molecule has 1 N–H and O–H groups in total. The molecule has 0 spiro atoms. The van der Waals surface area contributed by atoms with Crippen LogP contribution in [0.5, 0.6) is 5.75 Å². The second kappa shape index (κ2) is 8.02. The molecule has 25 heavy (non-hydrogen) atoms. The summed E-state index contributed by atoms with van der Waals surface area (Å²) in [6.07, 6.45) is 1.79. The Labute approximate surface area is 151 Å². The smallest absolute Gasteiger partial charge is 0.119 e. The fraction of sp³-hybridized carbons (Fsp3) is 0.250. The number of phenolic OH excluding ortho intramolecular Hbond substituents is 1. The summed E-state index contributed by atoms with van der Waals surface area (Å²) in [7, 11) is 0. The molecule has 0 aliphatic carbocycles. The average Bonchev–Trinajstić information content (AvgIpc) is 2.66. The minimum Gasteiger partial charge on any atom is -0.508 e. The first kappa shape index (κ1) is 17.3. The number of aromatic hydroxyl groups is 1. The molecule has 0 amide bonds. The molecule has 0 bridgehead atoms. The topological polar surface area (TPSA) is 20.2 Å². The van der Waals surface area contributed by atoms with Gasteiger partial charge in [0.1, 0.15) is 5.75 Å². The summed E-state index contributed by atoms with van der Waals surface area (Å²) in [4.78, 5) is 0. The molecule has 0 saturated heterocycles. The van der Waals surface area contributed by atoms with Gasteiger partial charge in [0, 0.05) is 0 Å². The lowest BCUT2D eigenvalue weighted by Gasteiger charge is -2.19. The lowest BCUT2D eigenvalue weighted by Crippen LogP contribution is -2.05. The van der Waals surface area contributed by atoms with E-state index in [4.69, 9.17) is 0 Å². The van der Waals surface area contributed by atoms with Crippen molar-refractivity contribution in [3.8, 4) is 5.75 Å². The molecular formula is C24H26O. The highest BCUT2D eigenvalue weighted by Crippen LogP contribution is 2.31. The van der Waals surface area contributed by atoms with Gasteiger partial charge in [-0.2, -0.15) is 0 Å². The van der Waals surface area contributed by atoms with Crippen molar-refractivity contribution in [2.24, 2.45) is 0 Å². The molecule has 0 aromatic heterocycles. The van der Waals surface area contributed by atoms with Gasteiger partial charge in [0.25, 0.3) is 0 Å². The molecule has 2 unspecified atom stereocenters. The molecule has 0 aliphatic rings. The second-order valence-corrected chi connectivity index (χ2v) is 6.95. The lowest BCUT2D eigenvalue weighted by molar-refractivity contribution is 0.464. The van der Waals surface area contributed by atoms with Crippen LogP contribution < -0.4 is 0 Å². The number of phenols is 1. The van der Waals surface area contributed by atoms with Crippen LogP contribution in [0.25, 0.3) is 0 Å². The molecule has 3 aromatic rings. The number of hydrogen-bond donors (Lipinski definition) is 1. The molecule has 0 fully saturated rings. The maximum Gasteiger partial charge on any atom is 0.119 e. The standard InChI is InChI=1S/C24H26O/c1-18(20-10-5-3-6-11-20)16-22-14-9-15-24(25)23(22)17-19(2)21-12-7-4-8-13-21/h3-15,18-19,25H,16-17H2,1-2H3. The van der Waals surface area contributed by atoms with Crippen LogP contribution in [0.1, 0.15) is 47.9 Å². The van der Waals surface area contributed by atoms with Crippen molar-refractivity contribution in [3.63, 3.8) is 0 Å². The van der Waals surface area contributed by atoms with Gasteiger partial charge in [-0.25, -0.2) is 0 Å². The predicted molar refractivity (Wildman–Crippen MR) is 105 cm³/mol. The molecule has 2 atom stereocenters. The summed E-state index contributed by atoms with van der Waals surface area (Å²) in [5, 5.41) is 10.5. The zero-order valence-electron chi connectivity index (χ0n) is 15.0. The summed E-state index contributed by atoms with van der Waals surface area (Å²) < 4.78 is 0. The van der Waals surface area contributed by atoms with Gasteiger partial charge in [0.05, 0.1) is 0 Å². The third-order valence-corrected chi connectivity index (χ3v) is 5.02. The van der Waals surface area contributed by atoms with Crippen molar-refractivity contribution in [2.45, 2.75) is 38.5 Å². The molecule has 0 saturated carbocycles. The van der Waals surface area contributed by atoms with E-state index in [1.54, 1.807) is 0 Å². The first-order valence-corrected chi connectivity index (χ1v) is 9.04. The maximum absolute atomic E-state index is 10.5. The van der Waals surface area contributed by atoms with Gasteiger partial charge < -0.3 is 5.11 Å². The van der Waals surface area contributed by atoms with Gasteiger partial charge in [-0.3, -0.25) is 0 Å². The van der Waals surface area contributed by atoms with Crippen molar-refractivity contribution in [1.82, 2.24) is 0 Å². The Bertz CT molecular complexity index is 793. The largest absolute Gasteiger partial charge is 0.508 e. The molecule has 1 nitrogen and oxygen atoms in total. The lowest BCUT2D eigenvalue weighted by atomic mass is 9.86. The first-order valence-electron chi connectivity index (χ1n) is 9.04. The maximum atomic E-state index is 10.5. The van der Waals surface area contributed by atoms with E-state index in [1.165, 1.54) is 16.7 Å². The molecular weight excluding hydrogens is 304 g/mol. The number of hydrogen-bond acceptors (Lipinski definition) is 1. The van der Waals surface area contributed by atoms with Crippen LogP contribution in [-0.2, 0) is 12.8 Å². The van der Waals surface area contributed by atoms with E-state index in [0.717, 1.165) is 18.4 Å². The highest BCUT2D eigenvalue weighted by Gasteiger charge is 2.15. The zero-order chi connectivity index (χ0) is 17.6. The molecule has 0 aliphatic heterocycles. The van der Waals surface area contributed by atoms with E-state index in [1.807, 2.05) is 18.2 Å². The van der Waals surface area contributed by atoms with E-state index < -0.39 is 0 Å². The summed E-state index contributed by atoms with van der Waals surface area (Å²) in [6, 6.07) is 27.0. The highest BCUT2D eigenvalue weighted by molar-refractivity contribution is 5.42. The normalized spacial score (nSPS) is 13.4. The van der Waals surface area contributed by atoms with Crippen LogP contribution in [0.15, 0.2) is 78.9 Å². The van der Waals surface area contributed by atoms with Gasteiger partial charge in [0.2, 0.25) is 0 Å². The van der Waals surface area contributed by atoms with Crippen molar-refractivity contribution >= 4 is 0 Å². The number of rotatable bonds is 6. The zero-order valence-corrected chi connectivity index (χ0v) is 15.0. The highest BCUT2D eigenvalue weighted by atomic mass is 16.3. The predicted octanol–water partition coefficient (Wildman–Crippen LogP) is 6.08. The van der Waals surface area contributed by atoms with Crippen LogP contribution in [0.3, 0.4) is 0 Å². The van der Waals surface area contributed by atoms with Gasteiger partial charge in [-0.05, 0) is 53.0 Å². The minimum atomic E-state index is 0.375. The van der Waals surface area contributed by atoms with Crippen LogP contribution in [0.2, 0.25) is 0 Å². The van der Waals surface area contributed by atoms with E-state index in [0.29, 0.717) is 17.6 Å². The Morgan fingerprint density at radius 3 is 1.72 bits per heavy atom. The van der Waals surface area contributed by atoms with Crippen LogP contribution in [0, 0.1) is 0 Å². The Morgan fingerprint density at radius 1 is 0.640 bits per heavy atom. The van der Waals surface area contributed by atoms with Gasteiger partial charge in [0.15, 0.2) is 0 Å². The Hall–Kier alpha value is -2.54. The van der Waals surface area contributed by atoms with Crippen molar-refractivity contribution in [1.29, 1.82) is 0 Å². The Kier molecular flexibility index (Phi) is 5.55. The molecule has 3 aromatic carbocycles. The third kappa shape index (κ3) is 4.30. The summed E-state index contributed by atoms with van der Waals surface area (Å²) in [5.74, 6) is 1.22. The molecule has 128 valence electrons. The average molecular weight is 330 g/mol. The Balaban J connectivity index is 1.82. The van der Waals surface area contributed by atoms with Gasteiger partial charge in [-0.1, -0.05) is 86.6 Å². The van der Waals surface area contributed by atoms with E-state index >= 15 is 0 Å². The SMILES string of the molecule is CC(Cc1cccc(O)c1CC(C)c1ccccc1)c1ccccc1. The molecule has 0 radical (unpaired) electrons. The summed E-state index contributed by atoms with van der Waals surface area (Å²) in [6.45, 7) is 4.48. The van der Waals surface area contributed by atoms with Crippen LogP contribution in [-0.4, -0.2) is 5.11 Å². The number of benzene rings is 3.